The van der Waals surface area contributed by atoms with Gasteiger partial charge in [-0.15, -0.1) is 0 Å². The molecule has 5 heteroatoms. The SMILES string of the molecule is CCCC(Nc1ccc(Br)cc1C#N)C(=O)OCC. The molecule has 19 heavy (non-hydrogen) atoms. The number of nitriles is 1. The van der Waals surface area contributed by atoms with Crippen molar-refractivity contribution < 1.29 is 9.53 Å². The summed E-state index contributed by atoms with van der Waals surface area (Å²) in [5.41, 5.74) is 1.15. The minimum absolute atomic E-state index is 0.281. The van der Waals surface area contributed by atoms with Crippen LogP contribution in [0, 0.1) is 11.3 Å². The predicted molar refractivity (Wildman–Crippen MR) is 77.8 cm³/mol. The number of esters is 1. The number of halogens is 1. The molecule has 0 heterocycles. The van der Waals surface area contributed by atoms with Crippen molar-refractivity contribution in [1.29, 1.82) is 5.26 Å². The van der Waals surface area contributed by atoms with E-state index in [9.17, 15) is 4.79 Å². The largest absolute Gasteiger partial charge is 0.464 e. The highest BCUT2D eigenvalue weighted by Crippen LogP contribution is 2.22. The van der Waals surface area contributed by atoms with Crippen LogP contribution in [0.1, 0.15) is 32.3 Å². The fourth-order valence-electron chi connectivity index (χ4n) is 1.70. The van der Waals surface area contributed by atoms with Crippen molar-refractivity contribution >= 4 is 27.6 Å². The van der Waals surface area contributed by atoms with Gasteiger partial charge in [0.25, 0.3) is 0 Å². The maximum Gasteiger partial charge on any atom is 0.328 e. The maximum absolute atomic E-state index is 11.8. The Labute approximate surface area is 121 Å². The van der Waals surface area contributed by atoms with Crippen molar-refractivity contribution in [3.05, 3.63) is 28.2 Å². The summed E-state index contributed by atoms with van der Waals surface area (Å²) in [6.45, 7) is 4.13. The van der Waals surface area contributed by atoms with E-state index in [-0.39, 0.29) is 5.97 Å². The summed E-state index contributed by atoms with van der Waals surface area (Å²) in [6.07, 6.45) is 1.52. The van der Waals surface area contributed by atoms with Crippen molar-refractivity contribution in [1.82, 2.24) is 0 Å². The molecule has 0 amide bonds. The smallest absolute Gasteiger partial charge is 0.328 e. The van der Waals surface area contributed by atoms with Crippen molar-refractivity contribution in [3.8, 4) is 6.07 Å². The van der Waals surface area contributed by atoms with Crippen LogP contribution in [0.15, 0.2) is 22.7 Å². The molecule has 4 nitrogen and oxygen atoms in total. The average Bonchev–Trinajstić information content (AvgIpc) is 2.40. The van der Waals surface area contributed by atoms with E-state index in [1.165, 1.54) is 0 Å². The van der Waals surface area contributed by atoms with Gasteiger partial charge in [-0.25, -0.2) is 4.79 Å². The zero-order chi connectivity index (χ0) is 14.3. The number of ether oxygens (including phenoxy) is 1. The van der Waals surface area contributed by atoms with Crippen LogP contribution in [-0.2, 0) is 9.53 Å². The Bertz CT molecular complexity index is 483. The Morgan fingerprint density at radius 3 is 2.84 bits per heavy atom. The van der Waals surface area contributed by atoms with E-state index in [4.69, 9.17) is 10.00 Å². The number of rotatable bonds is 6. The second kappa shape index (κ2) is 7.80. The summed E-state index contributed by atoms with van der Waals surface area (Å²) in [5, 5.41) is 12.2. The Balaban J connectivity index is 2.90. The lowest BCUT2D eigenvalue weighted by atomic mass is 10.1. The van der Waals surface area contributed by atoms with Gasteiger partial charge in [-0.05, 0) is 31.5 Å². The molecule has 0 bridgehead atoms. The summed E-state index contributed by atoms with van der Waals surface area (Å²) in [4.78, 5) is 11.8. The quantitative estimate of drug-likeness (QED) is 0.814. The van der Waals surface area contributed by atoms with Crippen LogP contribution in [0.4, 0.5) is 5.69 Å². The minimum atomic E-state index is -0.418. The molecule has 0 aromatic heterocycles. The highest BCUT2D eigenvalue weighted by molar-refractivity contribution is 9.10. The first kappa shape index (κ1) is 15.5. The van der Waals surface area contributed by atoms with Gasteiger partial charge in [-0.2, -0.15) is 5.26 Å². The van der Waals surface area contributed by atoms with Crippen LogP contribution in [0.2, 0.25) is 0 Å². The van der Waals surface area contributed by atoms with Gasteiger partial charge in [0, 0.05) is 4.47 Å². The zero-order valence-electron chi connectivity index (χ0n) is 11.1. The molecule has 0 aliphatic rings. The molecule has 1 rings (SSSR count). The Hall–Kier alpha value is -1.54. The summed E-state index contributed by atoms with van der Waals surface area (Å²) >= 11 is 3.32. The Kier molecular flexibility index (Phi) is 6.37. The molecule has 1 aromatic carbocycles. The summed E-state index contributed by atoms with van der Waals surface area (Å²) < 4.78 is 5.86. The average molecular weight is 325 g/mol. The van der Waals surface area contributed by atoms with Gasteiger partial charge < -0.3 is 10.1 Å². The first-order chi connectivity index (χ1) is 9.12. The van der Waals surface area contributed by atoms with Gasteiger partial charge in [-0.3, -0.25) is 0 Å². The van der Waals surface area contributed by atoms with E-state index in [0.717, 1.165) is 10.9 Å². The van der Waals surface area contributed by atoms with Crippen LogP contribution in [0.5, 0.6) is 0 Å². The number of carbonyl (C=O) groups excluding carboxylic acids is 1. The molecule has 0 saturated heterocycles. The summed E-state index contributed by atoms with van der Waals surface area (Å²) in [6, 6.07) is 7.02. The molecule has 0 radical (unpaired) electrons. The second-order valence-corrected chi connectivity index (χ2v) is 4.96. The molecule has 0 aliphatic carbocycles. The van der Waals surface area contributed by atoms with E-state index in [1.807, 2.05) is 13.0 Å². The molecule has 1 atom stereocenters. The zero-order valence-corrected chi connectivity index (χ0v) is 12.7. The van der Waals surface area contributed by atoms with Crippen molar-refractivity contribution in [2.75, 3.05) is 11.9 Å². The lowest BCUT2D eigenvalue weighted by molar-refractivity contribution is -0.144. The van der Waals surface area contributed by atoms with Crippen molar-refractivity contribution in [2.45, 2.75) is 32.7 Å². The summed E-state index contributed by atoms with van der Waals surface area (Å²) in [7, 11) is 0. The van der Waals surface area contributed by atoms with E-state index >= 15 is 0 Å². The number of anilines is 1. The number of benzene rings is 1. The number of hydrogen-bond acceptors (Lipinski definition) is 4. The maximum atomic E-state index is 11.8. The second-order valence-electron chi connectivity index (χ2n) is 4.04. The number of nitrogens with zero attached hydrogens (tertiary/aromatic N) is 1. The van der Waals surface area contributed by atoms with Gasteiger partial charge in [0.15, 0.2) is 0 Å². The highest BCUT2D eigenvalue weighted by atomic mass is 79.9. The first-order valence-corrected chi connectivity index (χ1v) is 7.04. The predicted octanol–water partition coefficient (Wildman–Crippen LogP) is 3.46. The van der Waals surface area contributed by atoms with Gasteiger partial charge in [0.05, 0.1) is 17.9 Å². The molecule has 1 unspecified atom stereocenters. The van der Waals surface area contributed by atoms with Gasteiger partial charge in [0.1, 0.15) is 12.1 Å². The number of carbonyl (C=O) groups is 1. The third-order valence-corrected chi connectivity index (χ3v) is 3.07. The first-order valence-electron chi connectivity index (χ1n) is 6.25. The van der Waals surface area contributed by atoms with E-state index in [1.54, 1.807) is 19.1 Å². The van der Waals surface area contributed by atoms with Crippen LogP contribution >= 0.6 is 15.9 Å². The number of hydrogen-bond donors (Lipinski definition) is 1. The normalized spacial score (nSPS) is 11.5. The molecule has 0 spiro atoms. The molecule has 0 fully saturated rings. The molecule has 0 saturated carbocycles. The van der Waals surface area contributed by atoms with Crippen molar-refractivity contribution in [3.63, 3.8) is 0 Å². The Morgan fingerprint density at radius 2 is 2.26 bits per heavy atom. The van der Waals surface area contributed by atoms with E-state index in [2.05, 4.69) is 27.3 Å². The lowest BCUT2D eigenvalue weighted by Crippen LogP contribution is -2.31. The van der Waals surface area contributed by atoms with Gasteiger partial charge in [-0.1, -0.05) is 29.3 Å². The third-order valence-electron chi connectivity index (χ3n) is 2.58. The van der Waals surface area contributed by atoms with Crippen molar-refractivity contribution in [2.24, 2.45) is 0 Å². The lowest BCUT2D eigenvalue weighted by Gasteiger charge is -2.18. The van der Waals surface area contributed by atoms with E-state index in [0.29, 0.717) is 24.3 Å². The molecule has 0 aliphatic heterocycles. The third kappa shape index (κ3) is 4.56. The monoisotopic (exact) mass is 324 g/mol. The minimum Gasteiger partial charge on any atom is -0.464 e. The van der Waals surface area contributed by atoms with Gasteiger partial charge >= 0.3 is 5.97 Å². The molecule has 1 N–H and O–H groups in total. The fourth-order valence-corrected chi connectivity index (χ4v) is 2.06. The molecular weight excluding hydrogens is 308 g/mol. The Morgan fingerprint density at radius 1 is 1.53 bits per heavy atom. The number of nitrogens with one attached hydrogen (secondary N) is 1. The van der Waals surface area contributed by atoms with Crippen LogP contribution < -0.4 is 5.32 Å². The molecule has 1 aromatic rings. The molecular formula is C14H17BrN2O2. The fraction of sp³-hybridized carbons (Fsp3) is 0.429. The van der Waals surface area contributed by atoms with Crippen LogP contribution in [0.3, 0.4) is 0 Å². The topological polar surface area (TPSA) is 62.1 Å². The van der Waals surface area contributed by atoms with E-state index < -0.39 is 6.04 Å². The highest BCUT2D eigenvalue weighted by Gasteiger charge is 2.19. The summed E-state index contributed by atoms with van der Waals surface area (Å²) in [5.74, 6) is -0.281. The van der Waals surface area contributed by atoms with Crippen LogP contribution in [-0.4, -0.2) is 18.6 Å². The standard InChI is InChI=1S/C14H17BrN2O2/c1-3-5-13(14(18)19-4-2)17-12-7-6-11(15)8-10(12)9-16/h6-8,13,17H,3-5H2,1-2H3. The van der Waals surface area contributed by atoms with Gasteiger partial charge in [0.2, 0.25) is 0 Å². The molecule has 102 valence electrons. The van der Waals surface area contributed by atoms with Crippen LogP contribution in [0.25, 0.3) is 0 Å².